The summed E-state index contributed by atoms with van der Waals surface area (Å²) >= 11 is 0. The number of aromatic hydroxyl groups is 1. The van der Waals surface area contributed by atoms with E-state index in [1.165, 1.54) is 0 Å². The third-order valence-electron chi connectivity index (χ3n) is 5.34. The summed E-state index contributed by atoms with van der Waals surface area (Å²) < 4.78 is 34.1. The first-order chi connectivity index (χ1) is 15.1. The molecule has 7 heteroatoms. The third-order valence-corrected chi connectivity index (χ3v) is 5.34. The molecule has 1 unspecified atom stereocenters. The van der Waals surface area contributed by atoms with Gasteiger partial charge >= 0.3 is 0 Å². The molecule has 4 rings (SSSR count). The normalized spacial score (nSPS) is 17.9. The van der Waals surface area contributed by atoms with Gasteiger partial charge in [-0.15, -0.1) is 0 Å². The molecular weight excluding hydrogens is 416 g/mol. The summed E-state index contributed by atoms with van der Waals surface area (Å²) in [4.78, 5) is 23.7. The zero-order valence-corrected chi connectivity index (χ0v) is 18.1. The zero-order valence-electron chi connectivity index (χ0n) is 18.1. The van der Waals surface area contributed by atoms with E-state index < -0.39 is 34.1 Å². The number of rotatable bonds is 2. The van der Waals surface area contributed by atoms with E-state index in [0.29, 0.717) is 16.7 Å². The van der Waals surface area contributed by atoms with Crippen molar-refractivity contribution >= 4 is 22.4 Å². The second-order valence-electron chi connectivity index (χ2n) is 7.47. The Morgan fingerprint density at radius 3 is 2.38 bits per heavy atom. The topological polar surface area (TPSA) is 93.5 Å². The fraction of sp³-hybridized carbons (Fsp3) is 0.200. The van der Waals surface area contributed by atoms with Gasteiger partial charge in [0.2, 0.25) is 11.3 Å². The first-order valence-electron chi connectivity index (χ1n) is 10.1. The summed E-state index contributed by atoms with van der Waals surface area (Å²) in [7, 11) is 0. The lowest BCUT2D eigenvalue weighted by atomic mass is 9.88. The summed E-state index contributed by atoms with van der Waals surface area (Å²) in [5, 5.41) is 10.0. The van der Waals surface area contributed by atoms with Crippen molar-refractivity contribution in [2.24, 2.45) is 11.1 Å². The maximum Gasteiger partial charge on any atom is 0.231 e. The predicted octanol–water partition coefficient (Wildman–Crippen LogP) is 5.30. The van der Waals surface area contributed by atoms with Gasteiger partial charge in [0.25, 0.3) is 0 Å². The molecule has 1 atom stereocenters. The summed E-state index contributed by atoms with van der Waals surface area (Å²) in [6.07, 6.45) is 6.61. The van der Waals surface area contributed by atoms with E-state index in [2.05, 4.69) is 0 Å². The Balaban J connectivity index is 0.00000141. The quantitative estimate of drug-likeness (QED) is 0.530. The molecule has 0 fully saturated rings. The van der Waals surface area contributed by atoms with Crippen molar-refractivity contribution in [3.05, 3.63) is 81.6 Å². The number of carbonyl (C=O) groups excluding carboxylic acids is 1. The first kappa shape index (κ1) is 22.9. The van der Waals surface area contributed by atoms with Gasteiger partial charge in [-0.05, 0) is 37.1 Å². The zero-order chi connectivity index (χ0) is 23.8. The number of phenols is 1. The minimum atomic E-state index is -1.05. The van der Waals surface area contributed by atoms with Crippen LogP contribution in [0.3, 0.4) is 0 Å². The van der Waals surface area contributed by atoms with Crippen LogP contribution in [0.5, 0.6) is 5.75 Å². The second kappa shape index (κ2) is 8.42. The number of hydrogen-bond donors (Lipinski definition) is 2. The minimum absolute atomic E-state index is 0.0782. The lowest BCUT2D eigenvalue weighted by Crippen LogP contribution is -2.30. The Kier molecular flexibility index (Phi) is 6.03. The average molecular weight is 439 g/mol. The second-order valence-corrected chi connectivity index (χ2v) is 7.47. The van der Waals surface area contributed by atoms with E-state index in [1.807, 2.05) is 13.8 Å². The van der Waals surface area contributed by atoms with Gasteiger partial charge in [0.1, 0.15) is 11.3 Å². The Morgan fingerprint density at radius 2 is 1.72 bits per heavy atom. The average Bonchev–Trinajstić information content (AvgIpc) is 2.90. The number of nitrogens with two attached hydrogens (primary N) is 1. The molecule has 2 aliphatic carbocycles. The number of primary amides is 1. The highest BCUT2D eigenvalue weighted by Crippen LogP contribution is 2.42. The van der Waals surface area contributed by atoms with E-state index in [4.69, 9.17) is 10.2 Å². The Bertz CT molecular complexity index is 1350. The Labute approximate surface area is 183 Å². The van der Waals surface area contributed by atoms with Crippen molar-refractivity contribution in [2.45, 2.75) is 27.7 Å². The minimum Gasteiger partial charge on any atom is -0.505 e. The largest absolute Gasteiger partial charge is 0.505 e. The predicted molar refractivity (Wildman–Crippen MR) is 120 cm³/mol. The molecule has 0 saturated heterocycles. The number of halogens is 2. The lowest BCUT2D eigenvalue weighted by molar-refractivity contribution is -0.122. The molecule has 0 spiro atoms. The lowest BCUT2D eigenvalue weighted by Gasteiger charge is -2.18. The van der Waals surface area contributed by atoms with Crippen LogP contribution < -0.4 is 11.2 Å². The van der Waals surface area contributed by atoms with Crippen molar-refractivity contribution in [1.82, 2.24) is 0 Å². The number of allylic oxidation sites excluding steroid dienone is 4. The van der Waals surface area contributed by atoms with Crippen LogP contribution in [-0.2, 0) is 4.79 Å². The van der Waals surface area contributed by atoms with Gasteiger partial charge in [0.05, 0.1) is 5.41 Å². The number of fused-ring (bicyclic) bond motifs is 2. The number of amides is 1. The molecule has 166 valence electrons. The number of benzene rings is 2. The Hall–Kier alpha value is -3.74. The van der Waals surface area contributed by atoms with Crippen molar-refractivity contribution < 1.29 is 23.1 Å². The van der Waals surface area contributed by atoms with Gasteiger partial charge in [-0.1, -0.05) is 38.2 Å². The fourth-order valence-electron chi connectivity index (χ4n) is 3.47. The smallest absolute Gasteiger partial charge is 0.231 e. The molecule has 5 nitrogen and oxygen atoms in total. The van der Waals surface area contributed by atoms with Gasteiger partial charge in [-0.25, -0.2) is 8.78 Å². The van der Waals surface area contributed by atoms with Crippen LogP contribution >= 0.6 is 0 Å². The molecule has 0 bridgehead atoms. The summed E-state index contributed by atoms with van der Waals surface area (Å²) in [5.41, 5.74) is 5.63. The number of phenolic OH excluding ortho intramolecular Hbond substituents is 1. The van der Waals surface area contributed by atoms with Crippen molar-refractivity contribution in [3.63, 3.8) is 0 Å². The van der Waals surface area contributed by atoms with Crippen LogP contribution in [0.1, 0.15) is 33.3 Å². The summed E-state index contributed by atoms with van der Waals surface area (Å²) in [6, 6.07) is 4.23. The van der Waals surface area contributed by atoms with Crippen LogP contribution in [0.15, 0.2) is 63.4 Å². The molecule has 32 heavy (non-hydrogen) atoms. The van der Waals surface area contributed by atoms with Gasteiger partial charge < -0.3 is 15.3 Å². The molecule has 3 aliphatic rings. The number of carbonyl (C=O) groups is 1. The van der Waals surface area contributed by atoms with Crippen molar-refractivity contribution in [3.8, 4) is 17.1 Å². The molecule has 0 aromatic heterocycles. The summed E-state index contributed by atoms with van der Waals surface area (Å²) in [6.45, 7) is 7.43. The van der Waals surface area contributed by atoms with Crippen LogP contribution in [0.2, 0.25) is 0 Å². The Morgan fingerprint density at radius 1 is 1.06 bits per heavy atom. The van der Waals surface area contributed by atoms with E-state index in [1.54, 1.807) is 38.2 Å². The molecule has 3 N–H and O–H groups in total. The van der Waals surface area contributed by atoms with Gasteiger partial charge in [0.15, 0.2) is 17.4 Å². The molecule has 0 saturated carbocycles. The van der Waals surface area contributed by atoms with Gasteiger partial charge in [-0.3, -0.25) is 9.59 Å². The monoisotopic (exact) mass is 439 g/mol. The standard InChI is InChI=1S/C23H17F2NO4.C2H6/c1-11-3-5-23(2,22(26)29)6-4-12(11)21-13-7-15(24)17(27)9-19(13)30-20-10-18(28)16(25)8-14(20)21;1-2/h3-10,27H,1-2H3,(H2,26,29);1-2H3. The highest BCUT2D eigenvalue weighted by atomic mass is 19.1. The van der Waals surface area contributed by atoms with E-state index in [-0.39, 0.29) is 22.3 Å². The summed E-state index contributed by atoms with van der Waals surface area (Å²) in [5.74, 6) is -2.96. The van der Waals surface area contributed by atoms with E-state index in [0.717, 1.165) is 24.3 Å². The van der Waals surface area contributed by atoms with E-state index in [9.17, 15) is 23.5 Å². The fourth-order valence-corrected chi connectivity index (χ4v) is 3.47. The molecule has 1 aliphatic heterocycles. The highest BCUT2D eigenvalue weighted by molar-refractivity contribution is 6.02. The van der Waals surface area contributed by atoms with Crippen LogP contribution in [0, 0.1) is 17.0 Å². The maximum absolute atomic E-state index is 14.2. The molecule has 0 radical (unpaired) electrons. The van der Waals surface area contributed by atoms with Crippen molar-refractivity contribution in [2.75, 3.05) is 0 Å². The number of hydrogen-bond acceptors (Lipinski definition) is 4. The van der Waals surface area contributed by atoms with E-state index >= 15 is 0 Å². The van der Waals surface area contributed by atoms with Gasteiger partial charge in [0, 0.05) is 28.6 Å². The maximum atomic E-state index is 14.2. The molecular formula is C25H23F2NO4. The van der Waals surface area contributed by atoms with Gasteiger partial charge in [-0.2, -0.15) is 0 Å². The molecule has 1 aromatic rings. The first-order valence-corrected chi connectivity index (χ1v) is 10.1. The molecule has 1 amide bonds. The van der Waals surface area contributed by atoms with Crippen LogP contribution in [0.25, 0.3) is 27.9 Å². The van der Waals surface area contributed by atoms with Crippen LogP contribution in [0.4, 0.5) is 8.78 Å². The van der Waals surface area contributed by atoms with Crippen LogP contribution in [-0.4, -0.2) is 11.0 Å². The SMILES string of the molecule is CC.CC1=C(c2c3cc(F)c(=O)cc-3oc3cc(O)c(F)cc23)C=CC(C)(C(N)=O)C=C1. The van der Waals surface area contributed by atoms with Crippen molar-refractivity contribution in [1.29, 1.82) is 0 Å². The highest BCUT2D eigenvalue weighted by Gasteiger charge is 2.28. The molecule has 1 aromatic carbocycles. The third kappa shape index (κ3) is 3.82. The molecule has 1 heterocycles.